The normalized spacial score (nSPS) is 13.8. The summed E-state index contributed by atoms with van der Waals surface area (Å²) in [5, 5.41) is 12.7. The number of nitrogens with one attached hydrogen (secondary N) is 1. The Kier molecular flexibility index (Phi) is 4.92. The maximum absolute atomic E-state index is 11.9. The van der Waals surface area contributed by atoms with Crippen LogP contribution in [-0.4, -0.2) is 22.0 Å². The minimum absolute atomic E-state index is 0.201. The van der Waals surface area contributed by atoms with Crippen LogP contribution in [0, 0.1) is 0 Å². The average Bonchev–Trinajstić information content (AvgIpc) is 2.93. The summed E-state index contributed by atoms with van der Waals surface area (Å²) in [6.45, 7) is 1.82. The van der Waals surface area contributed by atoms with Gasteiger partial charge in [0.05, 0.1) is 6.26 Å². The van der Waals surface area contributed by atoms with Crippen LogP contribution in [0.3, 0.4) is 0 Å². The standard InChI is InChI=1S/C14H15BrN2O3/c1-9(7-12(18)13-3-2-6-20-13)17-14(19)11-5-4-10(15)8-16-11/h2-6,8-9,12,18H,7H2,1H3,(H,17,19)/t9-,12+/m1/s1. The van der Waals surface area contributed by atoms with Crippen LogP contribution in [0.15, 0.2) is 45.6 Å². The van der Waals surface area contributed by atoms with E-state index in [0.717, 1.165) is 4.47 Å². The molecule has 2 aromatic heterocycles. The van der Waals surface area contributed by atoms with Crippen molar-refractivity contribution >= 4 is 21.8 Å². The molecule has 2 N–H and O–H groups in total. The van der Waals surface area contributed by atoms with E-state index in [0.29, 0.717) is 17.9 Å². The molecule has 0 radical (unpaired) electrons. The maximum atomic E-state index is 11.9. The summed E-state index contributed by atoms with van der Waals surface area (Å²) < 4.78 is 5.93. The second-order valence-electron chi connectivity index (χ2n) is 4.50. The van der Waals surface area contributed by atoms with E-state index in [1.54, 1.807) is 30.5 Å². The lowest BCUT2D eigenvalue weighted by Crippen LogP contribution is -2.34. The Morgan fingerprint density at radius 2 is 2.30 bits per heavy atom. The van der Waals surface area contributed by atoms with Gasteiger partial charge in [-0.1, -0.05) is 0 Å². The fourth-order valence-corrected chi connectivity index (χ4v) is 2.03. The van der Waals surface area contributed by atoms with Crippen LogP contribution in [0.2, 0.25) is 0 Å². The molecule has 2 atom stereocenters. The van der Waals surface area contributed by atoms with Crippen LogP contribution in [0.4, 0.5) is 0 Å². The van der Waals surface area contributed by atoms with E-state index < -0.39 is 6.10 Å². The lowest BCUT2D eigenvalue weighted by molar-refractivity contribution is 0.0898. The lowest BCUT2D eigenvalue weighted by atomic mass is 10.1. The summed E-state index contributed by atoms with van der Waals surface area (Å²) in [5.41, 5.74) is 0.340. The highest BCUT2D eigenvalue weighted by Gasteiger charge is 2.17. The Morgan fingerprint density at radius 3 is 2.90 bits per heavy atom. The highest BCUT2D eigenvalue weighted by atomic mass is 79.9. The first-order chi connectivity index (χ1) is 9.56. The third kappa shape index (κ3) is 3.91. The Labute approximate surface area is 125 Å². The summed E-state index contributed by atoms with van der Waals surface area (Å²) in [5.74, 6) is 0.226. The Balaban J connectivity index is 1.89. The molecule has 0 saturated carbocycles. The minimum atomic E-state index is -0.738. The Morgan fingerprint density at radius 1 is 1.50 bits per heavy atom. The van der Waals surface area contributed by atoms with Gasteiger partial charge in [0.25, 0.3) is 5.91 Å². The molecule has 0 aromatic carbocycles. The van der Waals surface area contributed by atoms with Gasteiger partial charge >= 0.3 is 0 Å². The van der Waals surface area contributed by atoms with Crippen molar-refractivity contribution in [3.8, 4) is 0 Å². The molecule has 6 heteroatoms. The quantitative estimate of drug-likeness (QED) is 0.878. The van der Waals surface area contributed by atoms with Crippen molar-refractivity contribution < 1.29 is 14.3 Å². The second kappa shape index (κ2) is 6.67. The van der Waals surface area contributed by atoms with Crippen LogP contribution < -0.4 is 5.32 Å². The van der Waals surface area contributed by atoms with Crippen LogP contribution in [0.5, 0.6) is 0 Å². The monoisotopic (exact) mass is 338 g/mol. The summed E-state index contributed by atoms with van der Waals surface area (Å²) in [6, 6.07) is 6.61. The van der Waals surface area contributed by atoms with E-state index in [4.69, 9.17) is 4.42 Å². The third-order valence-corrected chi connectivity index (χ3v) is 3.26. The fourth-order valence-electron chi connectivity index (χ4n) is 1.80. The van der Waals surface area contributed by atoms with Crippen molar-refractivity contribution in [3.05, 3.63) is 52.7 Å². The first kappa shape index (κ1) is 14.7. The van der Waals surface area contributed by atoms with Crippen LogP contribution in [0.1, 0.15) is 35.7 Å². The molecule has 0 aliphatic rings. The SMILES string of the molecule is C[C@H](C[C@H](O)c1ccco1)NC(=O)c1ccc(Br)cn1. The Bertz CT molecular complexity index is 554. The van der Waals surface area contributed by atoms with Gasteiger partial charge in [0.15, 0.2) is 0 Å². The van der Waals surface area contributed by atoms with Crippen molar-refractivity contribution in [2.45, 2.75) is 25.5 Å². The van der Waals surface area contributed by atoms with Gasteiger partial charge in [-0.3, -0.25) is 4.79 Å². The number of aliphatic hydroxyl groups excluding tert-OH is 1. The molecule has 0 aliphatic carbocycles. The van der Waals surface area contributed by atoms with Crippen molar-refractivity contribution in [1.82, 2.24) is 10.3 Å². The predicted molar refractivity (Wildman–Crippen MR) is 77.2 cm³/mol. The molecule has 0 aliphatic heterocycles. The molecule has 0 fully saturated rings. The van der Waals surface area contributed by atoms with Crippen molar-refractivity contribution in [3.63, 3.8) is 0 Å². The highest BCUT2D eigenvalue weighted by molar-refractivity contribution is 9.10. The van der Waals surface area contributed by atoms with Crippen molar-refractivity contribution in [2.24, 2.45) is 0 Å². The number of aromatic nitrogens is 1. The van der Waals surface area contributed by atoms with E-state index in [-0.39, 0.29) is 11.9 Å². The number of halogens is 1. The predicted octanol–water partition coefficient (Wildman–Crippen LogP) is 2.68. The molecule has 2 aromatic rings. The zero-order chi connectivity index (χ0) is 14.5. The minimum Gasteiger partial charge on any atom is -0.467 e. The summed E-state index contributed by atoms with van der Waals surface area (Å²) in [4.78, 5) is 16.0. The molecule has 5 nitrogen and oxygen atoms in total. The number of pyridine rings is 1. The molecular formula is C14H15BrN2O3. The van der Waals surface area contributed by atoms with Gasteiger partial charge < -0.3 is 14.8 Å². The summed E-state index contributed by atoms with van der Waals surface area (Å²) in [6.07, 6.45) is 2.71. The number of furan rings is 1. The van der Waals surface area contributed by atoms with E-state index in [1.165, 1.54) is 6.26 Å². The Hall–Kier alpha value is -1.66. The molecule has 0 spiro atoms. The summed E-state index contributed by atoms with van der Waals surface area (Å²) in [7, 11) is 0. The number of carbonyl (C=O) groups excluding carboxylic acids is 1. The smallest absolute Gasteiger partial charge is 0.270 e. The fraction of sp³-hybridized carbons (Fsp3) is 0.286. The zero-order valence-corrected chi connectivity index (χ0v) is 12.5. The molecule has 106 valence electrons. The first-order valence-electron chi connectivity index (χ1n) is 6.20. The molecule has 2 rings (SSSR count). The molecule has 0 bridgehead atoms. The first-order valence-corrected chi connectivity index (χ1v) is 6.99. The number of carbonyl (C=O) groups is 1. The lowest BCUT2D eigenvalue weighted by Gasteiger charge is -2.16. The second-order valence-corrected chi connectivity index (χ2v) is 5.42. The van der Waals surface area contributed by atoms with Crippen LogP contribution in [-0.2, 0) is 0 Å². The van der Waals surface area contributed by atoms with E-state index in [2.05, 4.69) is 26.2 Å². The maximum Gasteiger partial charge on any atom is 0.270 e. The number of hydrogen-bond acceptors (Lipinski definition) is 4. The van der Waals surface area contributed by atoms with Gasteiger partial charge in [-0.25, -0.2) is 4.98 Å². The largest absolute Gasteiger partial charge is 0.467 e. The number of amides is 1. The molecule has 20 heavy (non-hydrogen) atoms. The number of hydrogen-bond donors (Lipinski definition) is 2. The van der Waals surface area contributed by atoms with Crippen molar-refractivity contribution in [2.75, 3.05) is 0 Å². The number of nitrogens with zero attached hydrogens (tertiary/aromatic N) is 1. The van der Waals surface area contributed by atoms with Gasteiger partial charge in [-0.15, -0.1) is 0 Å². The molecule has 2 heterocycles. The number of rotatable bonds is 5. The van der Waals surface area contributed by atoms with E-state index in [1.807, 2.05) is 6.92 Å². The zero-order valence-electron chi connectivity index (χ0n) is 10.9. The average molecular weight is 339 g/mol. The molecule has 0 saturated heterocycles. The van der Waals surface area contributed by atoms with Gasteiger partial charge in [-0.2, -0.15) is 0 Å². The molecular weight excluding hydrogens is 324 g/mol. The van der Waals surface area contributed by atoms with E-state index >= 15 is 0 Å². The van der Waals surface area contributed by atoms with Gasteiger partial charge in [-0.05, 0) is 47.1 Å². The topological polar surface area (TPSA) is 75.4 Å². The number of aliphatic hydroxyl groups is 1. The van der Waals surface area contributed by atoms with Gasteiger partial charge in [0.1, 0.15) is 17.6 Å². The molecule has 1 amide bonds. The summed E-state index contributed by atoms with van der Waals surface area (Å²) >= 11 is 3.26. The highest BCUT2D eigenvalue weighted by Crippen LogP contribution is 2.18. The van der Waals surface area contributed by atoms with Gasteiger partial charge in [0.2, 0.25) is 0 Å². The molecule has 0 unspecified atom stereocenters. The van der Waals surface area contributed by atoms with Crippen molar-refractivity contribution in [1.29, 1.82) is 0 Å². The van der Waals surface area contributed by atoms with E-state index in [9.17, 15) is 9.90 Å². The van der Waals surface area contributed by atoms with Gasteiger partial charge in [0, 0.05) is 23.1 Å². The third-order valence-electron chi connectivity index (χ3n) is 2.79. The van der Waals surface area contributed by atoms with Crippen LogP contribution in [0.25, 0.3) is 0 Å². The van der Waals surface area contributed by atoms with Crippen LogP contribution >= 0.6 is 15.9 Å².